The van der Waals surface area contributed by atoms with Gasteiger partial charge < -0.3 is 9.64 Å². The van der Waals surface area contributed by atoms with Gasteiger partial charge in [0.15, 0.2) is 0 Å². The molecule has 0 aliphatic carbocycles. The van der Waals surface area contributed by atoms with E-state index in [4.69, 9.17) is 4.74 Å². The number of nitrogens with zero attached hydrogens (tertiary/aromatic N) is 3. The first kappa shape index (κ1) is 14.5. The molecule has 0 unspecified atom stereocenters. The molecule has 0 bridgehead atoms. The van der Waals surface area contributed by atoms with Gasteiger partial charge >= 0.3 is 0 Å². The van der Waals surface area contributed by atoms with E-state index in [0.717, 1.165) is 27.8 Å². The fourth-order valence-corrected chi connectivity index (χ4v) is 3.25. The number of fused-ring (bicyclic) bond motifs is 1. The molecular weight excluding hydrogens is 334 g/mol. The van der Waals surface area contributed by atoms with Crippen LogP contribution >= 0.6 is 15.9 Å². The molecule has 1 amide bonds. The summed E-state index contributed by atoms with van der Waals surface area (Å²) < 4.78 is 8.19. The summed E-state index contributed by atoms with van der Waals surface area (Å²) >= 11 is 3.50. The summed E-state index contributed by atoms with van der Waals surface area (Å²) in [6.45, 7) is 6.53. The predicted octanol–water partition coefficient (Wildman–Crippen LogP) is 2.44. The van der Waals surface area contributed by atoms with Gasteiger partial charge in [-0.1, -0.05) is 6.92 Å². The van der Waals surface area contributed by atoms with Crippen LogP contribution in [0.3, 0.4) is 0 Å². The maximum absolute atomic E-state index is 12.9. The number of ether oxygens (including phenoxy) is 1. The van der Waals surface area contributed by atoms with Gasteiger partial charge in [0.2, 0.25) is 0 Å². The van der Waals surface area contributed by atoms with E-state index in [-0.39, 0.29) is 5.91 Å². The third kappa shape index (κ3) is 2.58. The number of carbonyl (C=O) groups excluding carboxylic acids is 1. The highest BCUT2D eigenvalue weighted by molar-refractivity contribution is 9.10. The molecule has 112 valence electrons. The van der Waals surface area contributed by atoms with Gasteiger partial charge in [-0.3, -0.25) is 9.20 Å². The Kier molecular flexibility index (Phi) is 3.99. The molecule has 0 spiro atoms. The summed E-state index contributed by atoms with van der Waals surface area (Å²) in [5, 5.41) is 0. The molecule has 21 heavy (non-hydrogen) atoms. The first-order valence-corrected chi connectivity index (χ1v) is 7.95. The minimum Gasteiger partial charge on any atom is -0.378 e. The highest BCUT2D eigenvalue weighted by Gasteiger charge is 2.25. The highest BCUT2D eigenvalue weighted by atomic mass is 79.9. The zero-order valence-electron chi connectivity index (χ0n) is 12.2. The minimum atomic E-state index is 0.0418. The Morgan fingerprint density at radius 1 is 1.43 bits per heavy atom. The van der Waals surface area contributed by atoms with Crippen molar-refractivity contribution >= 4 is 27.5 Å². The number of halogens is 1. The average molecular weight is 352 g/mol. The second-order valence-electron chi connectivity index (χ2n) is 5.20. The van der Waals surface area contributed by atoms with Crippen LogP contribution in [0.4, 0.5) is 0 Å². The van der Waals surface area contributed by atoms with E-state index >= 15 is 0 Å². The molecule has 2 aromatic rings. The van der Waals surface area contributed by atoms with Crippen LogP contribution in [-0.2, 0) is 11.2 Å². The van der Waals surface area contributed by atoms with Crippen molar-refractivity contribution in [3.8, 4) is 0 Å². The third-order valence-corrected chi connectivity index (χ3v) is 4.21. The highest BCUT2D eigenvalue weighted by Crippen LogP contribution is 2.22. The molecular formula is C15H18BrN3O2. The zero-order chi connectivity index (χ0) is 15.0. The van der Waals surface area contributed by atoms with E-state index in [1.807, 2.05) is 35.4 Å². The van der Waals surface area contributed by atoms with Gasteiger partial charge in [0, 0.05) is 23.8 Å². The molecule has 6 heteroatoms. The smallest absolute Gasteiger partial charge is 0.272 e. The molecule has 1 aliphatic rings. The monoisotopic (exact) mass is 351 g/mol. The molecule has 5 nitrogen and oxygen atoms in total. The molecule has 0 aromatic carbocycles. The van der Waals surface area contributed by atoms with Gasteiger partial charge in [-0.25, -0.2) is 4.98 Å². The van der Waals surface area contributed by atoms with Crippen molar-refractivity contribution in [2.75, 3.05) is 26.3 Å². The van der Waals surface area contributed by atoms with Crippen LogP contribution in [0.2, 0.25) is 0 Å². The minimum absolute atomic E-state index is 0.0418. The van der Waals surface area contributed by atoms with Crippen LogP contribution in [0.25, 0.3) is 5.65 Å². The van der Waals surface area contributed by atoms with Crippen LogP contribution < -0.4 is 0 Å². The normalized spacial score (nSPS) is 15.7. The van der Waals surface area contributed by atoms with Gasteiger partial charge in [-0.05, 0) is 40.9 Å². The summed E-state index contributed by atoms with van der Waals surface area (Å²) in [4.78, 5) is 19.4. The SMILES string of the molecule is CCc1nc2c(C)cc(Br)cn2c1C(=O)N1CCOCC1. The predicted molar refractivity (Wildman–Crippen MR) is 83.7 cm³/mol. The van der Waals surface area contributed by atoms with Crippen LogP contribution in [0, 0.1) is 6.92 Å². The van der Waals surface area contributed by atoms with E-state index in [1.165, 1.54) is 0 Å². The number of morpholine rings is 1. The molecule has 2 aromatic heterocycles. The number of hydrogen-bond acceptors (Lipinski definition) is 3. The van der Waals surface area contributed by atoms with Crippen LogP contribution in [0.1, 0.15) is 28.7 Å². The van der Waals surface area contributed by atoms with Gasteiger partial charge in [0.05, 0.1) is 18.9 Å². The molecule has 1 fully saturated rings. The maximum atomic E-state index is 12.9. The fraction of sp³-hybridized carbons (Fsp3) is 0.467. The largest absolute Gasteiger partial charge is 0.378 e. The van der Waals surface area contributed by atoms with Crippen LogP contribution in [-0.4, -0.2) is 46.5 Å². The van der Waals surface area contributed by atoms with E-state index in [1.54, 1.807) is 0 Å². The topological polar surface area (TPSA) is 46.8 Å². The first-order chi connectivity index (χ1) is 10.1. The Hall–Kier alpha value is -1.40. The van der Waals surface area contributed by atoms with Crippen molar-refractivity contribution in [1.29, 1.82) is 0 Å². The summed E-state index contributed by atoms with van der Waals surface area (Å²) in [6, 6.07) is 2.02. The third-order valence-electron chi connectivity index (χ3n) is 3.78. The van der Waals surface area contributed by atoms with Crippen LogP contribution in [0.5, 0.6) is 0 Å². The number of aromatic nitrogens is 2. The zero-order valence-corrected chi connectivity index (χ0v) is 13.8. The lowest BCUT2D eigenvalue weighted by Gasteiger charge is -2.27. The van der Waals surface area contributed by atoms with Crippen molar-refractivity contribution in [3.63, 3.8) is 0 Å². The first-order valence-electron chi connectivity index (χ1n) is 7.16. The number of pyridine rings is 1. The lowest BCUT2D eigenvalue weighted by Crippen LogP contribution is -2.41. The second-order valence-corrected chi connectivity index (χ2v) is 6.12. The van der Waals surface area contributed by atoms with E-state index < -0.39 is 0 Å². The lowest BCUT2D eigenvalue weighted by atomic mass is 10.2. The molecule has 0 atom stereocenters. The van der Waals surface area contributed by atoms with Crippen LogP contribution in [0.15, 0.2) is 16.7 Å². The van der Waals surface area contributed by atoms with Crippen molar-refractivity contribution in [3.05, 3.63) is 33.7 Å². The Morgan fingerprint density at radius 3 is 2.81 bits per heavy atom. The summed E-state index contributed by atoms with van der Waals surface area (Å²) in [5.74, 6) is 0.0418. The van der Waals surface area contributed by atoms with Gasteiger partial charge in [0.1, 0.15) is 11.3 Å². The van der Waals surface area contributed by atoms with Gasteiger partial charge in [-0.15, -0.1) is 0 Å². The second kappa shape index (κ2) is 5.77. The van der Waals surface area contributed by atoms with Gasteiger partial charge in [-0.2, -0.15) is 0 Å². The molecule has 1 aliphatic heterocycles. The Bertz CT molecular complexity index is 690. The number of imidazole rings is 1. The quantitative estimate of drug-likeness (QED) is 0.834. The van der Waals surface area contributed by atoms with Crippen molar-refractivity contribution in [1.82, 2.24) is 14.3 Å². The number of carbonyl (C=O) groups is 1. The molecule has 0 N–H and O–H groups in total. The standard InChI is InChI=1S/C15H18BrN3O2/c1-3-12-13(15(20)18-4-6-21-7-5-18)19-9-11(16)8-10(2)14(19)17-12/h8-9H,3-7H2,1-2H3. The van der Waals surface area contributed by atoms with E-state index in [0.29, 0.717) is 32.0 Å². The Morgan fingerprint density at radius 2 is 2.14 bits per heavy atom. The molecule has 3 rings (SSSR count). The summed E-state index contributed by atoms with van der Waals surface area (Å²) in [5.41, 5.74) is 3.44. The number of aryl methyl sites for hydroxylation is 2. The van der Waals surface area contributed by atoms with Crippen molar-refractivity contribution in [2.24, 2.45) is 0 Å². The summed E-state index contributed by atoms with van der Waals surface area (Å²) in [7, 11) is 0. The fourth-order valence-electron chi connectivity index (χ4n) is 2.70. The van der Waals surface area contributed by atoms with Gasteiger partial charge in [0.25, 0.3) is 5.91 Å². The molecule has 0 radical (unpaired) electrons. The van der Waals surface area contributed by atoms with E-state index in [2.05, 4.69) is 20.9 Å². The Labute approximate surface area is 132 Å². The lowest BCUT2D eigenvalue weighted by molar-refractivity contribution is 0.0297. The maximum Gasteiger partial charge on any atom is 0.272 e. The Balaban J connectivity index is 2.13. The number of rotatable bonds is 2. The number of amides is 1. The van der Waals surface area contributed by atoms with Crippen molar-refractivity contribution < 1.29 is 9.53 Å². The molecule has 1 saturated heterocycles. The average Bonchev–Trinajstić information content (AvgIpc) is 2.86. The molecule has 3 heterocycles. The number of hydrogen-bond donors (Lipinski definition) is 0. The molecule has 0 saturated carbocycles. The van der Waals surface area contributed by atoms with Crippen molar-refractivity contribution in [2.45, 2.75) is 20.3 Å². The van der Waals surface area contributed by atoms with E-state index in [9.17, 15) is 4.79 Å². The summed E-state index contributed by atoms with van der Waals surface area (Å²) in [6.07, 6.45) is 2.66.